The highest BCUT2D eigenvalue weighted by molar-refractivity contribution is 8.76. The predicted octanol–water partition coefficient (Wildman–Crippen LogP) is 8.51. The first-order valence-corrected chi connectivity index (χ1v) is 24.6. The van der Waals surface area contributed by atoms with E-state index in [1.807, 2.05) is 0 Å². The number of hydrogen-bond acceptors (Lipinski definition) is 14. The van der Waals surface area contributed by atoms with Gasteiger partial charge in [0, 0.05) is 54.1 Å². The zero-order valence-corrected chi connectivity index (χ0v) is 41.8. The standard InChI is InChI=1S/C48H70N4O12S2/c1-33(2)19-15-11-13-17-21-43(53)49-29-35-23-25-37(39(27-35)59-9)61-47(57)63-41(45(55)51(5)6)31-65-66-32-42(46(56)52(7)8)64-48(58)62-38-26-24-36(28-40(38)60-10)30-50-44(54)22-18-14-12-16-20-34(3)4/h15-16,19-20,23-28,33-34,41-42H,11-14,17-18,21-22,29-32H2,1-10H3,(H,49,53)(H,50,54)/b19-15+,20-16+. The molecule has 0 aliphatic rings. The van der Waals surface area contributed by atoms with Crippen molar-refractivity contribution in [1.29, 1.82) is 0 Å². The van der Waals surface area contributed by atoms with E-state index in [1.54, 1.807) is 24.3 Å². The Labute approximate surface area is 398 Å². The van der Waals surface area contributed by atoms with Crippen molar-refractivity contribution in [2.45, 2.75) is 104 Å². The van der Waals surface area contributed by atoms with Crippen LogP contribution in [0.5, 0.6) is 23.0 Å². The molecule has 0 aliphatic carbocycles. The summed E-state index contributed by atoms with van der Waals surface area (Å²) >= 11 is 0. The minimum Gasteiger partial charge on any atom is -0.493 e. The van der Waals surface area contributed by atoms with Crippen LogP contribution < -0.4 is 29.6 Å². The van der Waals surface area contributed by atoms with Crippen molar-refractivity contribution >= 4 is 57.5 Å². The average molecular weight is 959 g/mol. The van der Waals surface area contributed by atoms with Crippen LogP contribution in [0, 0.1) is 11.8 Å². The lowest BCUT2D eigenvalue weighted by Crippen LogP contribution is -2.40. The fraction of sp³-hybridized carbons (Fsp3) is 0.542. The maximum atomic E-state index is 13.1. The highest BCUT2D eigenvalue weighted by Gasteiger charge is 2.29. The van der Waals surface area contributed by atoms with E-state index in [9.17, 15) is 28.8 Å². The summed E-state index contributed by atoms with van der Waals surface area (Å²) in [5, 5.41) is 5.79. The molecule has 0 saturated carbocycles. The third kappa shape index (κ3) is 23.2. The number of likely N-dealkylation sites (N-methyl/N-ethyl adjacent to an activating group) is 2. The summed E-state index contributed by atoms with van der Waals surface area (Å²) in [6.45, 7) is 8.98. The quantitative estimate of drug-likeness (QED) is 0.0260. The highest BCUT2D eigenvalue weighted by atomic mass is 33.1. The van der Waals surface area contributed by atoms with Crippen molar-refractivity contribution < 1.29 is 57.2 Å². The van der Waals surface area contributed by atoms with Crippen LogP contribution in [-0.4, -0.2) is 112 Å². The van der Waals surface area contributed by atoms with Gasteiger partial charge in [-0.1, -0.05) is 85.7 Å². The Balaban J connectivity index is 1.94. The molecule has 0 aliphatic heterocycles. The minimum atomic E-state index is -1.28. The van der Waals surface area contributed by atoms with E-state index < -0.39 is 36.3 Å². The molecule has 0 heterocycles. The van der Waals surface area contributed by atoms with Crippen molar-refractivity contribution in [3.05, 3.63) is 71.8 Å². The van der Waals surface area contributed by atoms with Crippen LogP contribution in [0.25, 0.3) is 0 Å². The molecule has 0 fully saturated rings. The molecule has 0 aromatic heterocycles. The minimum absolute atomic E-state index is 0.0449. The van der Waals surface area contributed by atoms with E-state index in [0.717, 1.165) is 71.2 Å². The van der Waals surface area contributed by atoms with E-state index in [2.05, 4.69) is 62.6 Å². The SMILES string of the molecule is COc1cc(CNC(=O)CCCC/C=C/C(C)C)ccc1OC(=O)OC(CSSCC(OC(=O)Oc1ccc(CNC(=O)CCCC/C=C/C(C)C)cc1OC)C(=O)N(C)C)C(=O)N(C)C. The van der Waals surface area contributed by atoms with Gasteiger partial charge in [-0.15, -0.1) is 0 Å². The molecule has 0 spiro atoms. The van der Waals surface area contributed by atoms with Gasteiger partial charge in [-0.25, -0.2) is 9.59 Å². The summed E-state index contributed by atoms with van der Waals surface area (Å²) in [5.41, 5.74) is 1.44. The summed E-state index contributed by atoms with van der Waals surface area (Å²) in [6.07, 6.45) is 9.81. The Morgan fingerprint density at radius 2 is 0.955 bits per heavy atom. The van der Waals surface area contributed by atoms with E-state index in [1.165, 1.54) is 64.3 Å². The molecule has 2 aromatic rings. The molecule has 2 unspecified atom stereocenters. The first-order valence-electron chi connectivity index (χ1n) is 22.1. The van der Waals surface area contributed by atoms with Gasteiger partial charge < -0.3 is 48.9 Å². The van der Waals surface area contributed by atoms with Crippen molar-refractivity contribution in [3.8, 4) is 23.0 Å². The van der Waals surface area contributed by atoms with Crippen LogP contribution in [0.15, 0.2) is 60.7 Å². The summed E-state index contributed by atoms with van der Waals surface area (Å²) in [5.74, 6) is 0.257. The lowest BCUT2D eigenvalue weighted by atomic mass is 10.1. The van der Waals surface area contributed by atoms with Gasteiger partial charge in [-0.3, -0.25) is 19.2 Å². The maximum absolute atomic E-state index is 13.1. The zero-order chi connectivity index (χ0) is 49.0. The number of rotatable bonds is 29. The number of ether oxygens (including phenoxy) is 6. The van der Waals surface area contributed by atoms with E-state index >= 15 is 0 Å². The van der Waals surface area contributed by atoms with E-state index in [4.69, 9.17) is 28.4 Å². The number of carbonyl (C=O) groups is 6. The Kier molecular flexibility index (Phi) is 27.1. The summed E-state index contributed by atoms with van der Waals surface area (Å²) in [6, 6.07) is 9.62. The lowest BCUT2D eigenvalue weighted by Gasteiger charge is -2.22. The third-order valence-corrected chi connectivity index (χ3v) is 11.7. The van der Waals surface area contributed by atoms with Gasteiger partial charge in [0.25, 0.3) is 11.8 Å². The molecule has 2 atom stereocenters. The normalized spacial score (nSPS) is 12.1. The van der Waals surface area contributed by atoms with Crippen molar-refractivity contribution in [1.82, 2.24) is 20.4 Å². The third-order valence-electron chi connectivity index (χ3n) is 9.34. The molecule has 2 rings (SSSR count). The van der Waals surface area contributed by atoms with Crippen LogP contribution in [-0.2, 0) is 41.7 Å². The second-order valence-electron chi connectivity index (χ2n) is 16.3. The molecule has 2 N–H and O–H groups in total. The second-order valence-corrected chi connectivity index (χ2v) is 18.9. The number of nitrogens with one attached hydrogen (secondary N) is 2. The van der Waals surface area contributed by atoms with Crippen molar-refractivity contribution in [2.24, 2.45) is 11.8 Å². The molecule has 18 heteroatoms. The van der Waals surface area contributed by atoms with Gasteiger partial charge in [0.15, 0.2) is 35.2 Å². The number of benzene rings is 2. The molecule has 0 radical (unpaired) electrons. The molecule has 16 nitrogen and oxygen atoms in total. The zero-order valence-electron chi connectivity index (χ0n) is 40.2. The highest BCUT2D eigenvalue weighted by Crippen LogP contribution is 2.31. The van der Waals surface area contributed by atoms with Crippen LogP contribution >= 0.6 is 21.6 Å². The number of carbonyl (C=O) groups excluding carboxylic acids is 6. The van der Waals surface area contributed by atoms with Crippen molar-refractivity contribution in [2.75, 3.05) is 53.9 Å². The Morgan fingerprint density at radius 1 is 0.576 bits per heavy atom. The topological polar surface area (TPSA) is 188 Å². The number of unbranched alkanes of at least 4 members (excludes halogenated alkanes) is 4. The molecular weight excluding hydrogens is 889 g/mol. The number of hydrogen-bond donors (Lipinski definition) is 2. The molecule has 0 saturated heterocycles. The van der Waals surface area contributed by atoms with E-state index in [-0.39, 0.29) is 59.4 Å². The predicted molar refractivity (Wildman–Crippen MR) is 259 cm³/mol. The number of nitrogens with zero attached hydrogens (tertiary/aromatic N) is 2. The van der Waals surface area contributed by atoms with Gasteiger partial charge in [0.05, 0.1) is 25.7 Å². The van der Waals surface area contributed by atoms with Crippen LogP contribution in [0.3, 0.4) is 0 Å². The fourth-order valence-electron chi connectivity index (χ4n) is 5.79. The summed E-state index contributed by atoms with van der Waals surface area (Å²) in [7, 11) is 11.1. The molecular formula is C48H70N4O12S2. The number of methoxy groups -OCH3 is 2. The van der Waals surface area contributed by atoms with Gasteiger partial charge in [0.1, 0.15) is 0 Å². The first kappa shape index (κ1) is 56.8. The van der Waals surface area contributed by atoms with E-state index in [0.29, 0.717) is 24.7 Å². The van der Waals surface area contributed by atoms with Gasteiger partial charge in [-0.05, 0) is 85.8 Å². The Morgan fingerprint density at radius 3 is 1.29 bits per heavy atom. The summed E-state index contributed by atoms with van der Waals surface area (Å²) in [4.78, 5) is 79.4. The van der Waals surface area contributed by atoms with Gasteiger partial charge in [-0.2, -0.15) is 0 Å². The molecule has 366 valence electrons. The van der Waals surface area contributed by atoms with Crippen molar-refractivity contribution in [3.63, 3.8) is 0 Å². The van der Waals surface area contributed by atoms with Crippen LogP contribution in [0.4, 0.5) is 9.59 Å². The fourth-order valence-corrected chi connectivity index (χ4v) is 7.97. The van der Waals surface area contributed by atoms with Gasteiger partial charge in [0.2, 0.25) is 11.8 Å². The van der Waals surface area contributed by atoms with Crippen LogP contribution in [0.1, 0.15) is 90.2 Å². The molecule has 2 aromatic carbocycles. The molecule has 4 amide bonds. The average Bonchev–Trinajstić information content (AvgIpc) is 3.27. The van der Waals surface area contributed by atoms with Crippen LogP contribution in [0.2, 0.25) is 0 Å². The Bertz CT molecular complexity index is 1790. The number of allylic oxidation sites excluding steroid dienone is 4. The molecule has 0 bridgehead atoms. The number of amides is 4. The summed E-state index contributed by atoms with van der Waals surface area (Å²) < 4.78 is 32.6. The Hall–Kier alpha value is -5.36. The largest absolute Gasteiger partial charge is 0.514 e. The second kappa shape index (κ2) is 31.5. The maximum Gasteiger partial charge on any atom is 0.514 e. The smallest absolute Gasteiger partial charge is 0.493 e. The molecule has 66 heavy (non-hydrogen) atoms. The lowest BCUT2D eigenvalue weighted by molar-refractivity contribution is -0.137. The first-order chi connectivity index (χ1) is 31.4. The monoisotopic (exact) mass is 958 g/mol. The van der Waals surface area contributed by atoms with Gasteiger partial charge >= 0.3 is 12.3 Å².